The molecule has 0 fully saturated rings. The molecule has 2 N–H and O–H groups in total. The highest BCUT2D eigenvalue weighted by molar-refractivity contribution is 9.10. The molecule has 1 aromatic rings. The van der Waals surface area contributed by atoms with Gasteiger partial charge in [-0.2, -0.15) is 0 Å². The number of ether oxygens (including phenoxy) is 1. The molecule has 0 saturated heterocycles. The molecular formula is C20H28BrClN2O3. The highest BCUT2D eigenvalue weighted by Gasteiger charge is 2.37. The first-order valence-corrected chi connectivity index (χ1v) is 10.1. The number of carbonyl (C=O) groups excluding carboxylic acids is 2. The summed E-state index contributed by atoms with van der Waals surface area (Å²) >= 11 is 9.67. The molecule has 0 aliphatic rings. The van der Waals surface area contributed by atoms with Crippen LogP contribution in [0.2, 0.25) is 5.02 Å². The number of benzene rings is 1. The smallest absolute Gasteiger partial charge is 0.315 e. The monoisotopic (exact) mass is 458 g/mol. The molecule has 0 saturated carbocycles. The zero-order valence-electron chi connectivity index (χ0n) is 16.3. The lowest BCUT2D eigenvalue weighted by Crippen LogP contribution is -2.53. The van der Waals surface area contributed by atoms with Gasteiger partial charge in [-0.15, -0.1) is 6.58 Å². The van der Waals surface area contributed by atoms with Crippen LogP contribution >= 0.6 is 27.5 Å². The van der Waals surface area contributed by atoms with Crippen LogP contribution in [-0.2, 0) is 15.1 Å². The largest absolute Gasteiger partial charge is 0.466 e. The zero-order chi connectivity index (χ0) is 20.6. The highest BCUT2D eigenvalue weighted by atomic mass is 79.9. The summed E-state index contributed by atoms with van der Waals surface area (Å²) in [5.41, 5.74) is 0.142. The lowest BCUT2D eigenvalue weighted by atomic mass is 9.74. The number of halogens is 2. The summed E-state index contributed by atoms with van der Waals surface area (Å²) in [6.45, 7) is 12.3. The van der Waals surface area contributed by atoms with Gasteiger partial charge in [-0.1, -0.05) is 37.6 Å². The van der Waals surface area contributed by atoms with Gasteiger partial charge >= 0.3 is 12.0 Å². The van der Waals surface area contributed by atoms with Crippen molar-refractivity contribution in [3.63, 3.8) is 0 Å². The molecule has 2 amide bonds. The molecular weight excluding hydrogens is 432 g/mol. The molecule has 7 heteroatoms. The van der Waals surface area contributed by atoms with E-state index in [9.17, 15) is 9.59 Å². The Morgan fingerprint density at radius 1 is 1.41 bits per heavy atom. The van der Waals surface area contributed by atoms with E-state index in [1.165, 1.54) is 0 Å². The molecule has 5 nitrogen and oxygen atoms in total. The normalized spacial score (nSPS) is 14.2. The van der Waals surface area contributed by atoms with Gasteiger partial charge in [-0.05, 0) is 53.4 Å². The van der Waals surface area contributed by atoms with Crippen molar-refractivity contribution in [2.24, 2.45) is 11.8 Å². The minimum Gasteiger partial charge on any atom is -0.466 e. The lowest BCUT2D eigenvalue weighted by Gasteiger charge is -2.40. The van der Waals surface area contributed by atoms with Crippen LogP contribution in [0.1, 0.15) is 39.7 Å². The number of amides is 2. The summed E-state index contributed by atoms with van der Waals surface area (Å²) in [7, 11) is 0. The number of nitrogens with one attached hydrogen (secondary N) is 2. The second kappa shape index (κ2) is 10.7. The van der Waals surface area contributed by atoms with Crippen LogP contribution < -0.4 is 10.6 Å². The molecule has 0 aromatic heterocycles. The van der Waals surface area contributed by atoms with Crippen molar-refractivity contribution in [3.05, 3.63) is 45.9 Å². The average molecular weight is 460 g/mol. The third-order valence-electron chi connectivity index (χ3n) is 4.45. The maximum absolute atomic E-state index is 12.5. The van der Waals surface area contributed by atoms with Crippen LogP contribution in [0.25, 0.3) is 0 Å². The maximum atomic E-state index is 12.5. The van der Waals surface area contributed by atoms with E-state index < -0.39 is 5.54 Å². The second-order valence-electron chi connectivity index (χ2n) is 6.77. The number of hydrogen-bond donors (Lipinski definition) is 2. The molecule has 0 aliphatic carbocycles. The molecule has 1 rings (SSSR count). The quantitative estimate of drug-likeness (QED) is 0.402. The van der Waals surface area contributed by atoms with Gasteiger partial charge < -0.3 is 15.4 Å². The topological polar surface area (TPSA) is 67.4 Å². The third-order valence-corrected chi connectivity index (χ3v) is 5.68. The summed E-state index contributed by atoms with van der Waals surface area (Å²) < 4.78 is 5.65. The van der Waals surface area contributed by atoms with Gasteiger partial charge in [0.2, 0.25) is 0 Å². The van der Waals surface area contributed by atoms with Crippen LogP contribution in [0.4, 0.5) is 4.79 Å². The van der Waals surface area contributed by atoms with E-state index in [1.54, 1.807) is 6.92 Å². The second-order valence-corrected chi connectivity index (χ2v) is 8.03. The van der Waals surface area contributed by atoms with Crippen LogP contribution in [0.5, 0.6) is 0 Å². The first-order valence-electron chi connectivity index (χ1n) is 8.95. The Labute approximate surface area is 175 Å². The van der Waals surface area contributed by atoms with Crippen molar-refractivity contribution in [2.75, 3.05) is 13.2 Å². The Bertz CT molecular complexity index is 681. The van der Waals surface area contributed by atoms with Crippen LogP contribution in [0.15, 0.2) is 35.3 Å². The average Bonchev–Trinajstić information content (AvgIpc) is 2.57. The van der Waals surface area contributed by atoms with Crippen molar-refractivity contribution in [2.45, 2.75) is 39.7 Å². The fourth-order valence-electron chi connectivity index (χ4n) is 3.13. The Morgan fingerprint density at radius 3 is 2.59 bits per heavy atom. The molecule has 0 aliphatic heterocycles. The van der Waals surface area contributed by atoms with Crippen molar-refractivity contribution >= 4 is 39.5 Å². The molecule has 27 heavy (non-hydrogen) atoms. The van der Waals surface area contributed by atoms with E-state index >= 15 is 0 Å². The van der Waals surface area contributed by atoms with Crippen molar-refractivity contribution in [1.29, 1.82) is 0 Å². The molecule has 0 bridgehead atoms. The fraction of sp³-hybridized carbons (Fsp3) is 0.500. The van der Waals surface area contributed by atoms with E-state index in [1.807, 2.05) is 31.2 Å². The molecule has 1 aromatic carbocycles. The molecule has 0 spiro atoms. The predicted octanol–water partition coefficient (Wildman–Crippen LogP) is 5.03. The summed E-state index contributed by atoms with van der Waals surface area (Å²) in [5, 5.41) is 6.33. The van der Waals surface area contributed by atoms with Gasteiger partial charge in [0.25, 0.3) is 0 Å². The standard InChI is InChI=1S/C20H28BrClN2O3/c1-6-15(13(3)4)20(5,14-8-9-16(21)17(22)12-14)24-19(26)23-11-10-18(25)27-7-2/h6,8-9,12-13,15H,1,7,10-11H2,2-5H3,(H2,23,24,26). The minimum atomic E-state index is -0.728. The SMILES string of the molecule is C=CC(C(C)C)C(C)(NC(=O)NCCC(=O)OCC)c1ccc(Br)c(Cl)c1. The zero-order valence-corrected chi connectivity index (χ0v) is 18.6. The summed E-state index contributed by atoms with van der Waals surface area (Å²) in [5.74, 6) is -0.147. The molecule has 0 radical (unpaired) electrons. The number of esters is 1. The van der Waals surface area contributed by atoms with Gasteiger partial charge in [-0.25, -0.2) is 4.79 Å². The first kappa shape index (κ1) is 23.5. The number of rotatable bonds is 9. The predicted molar refractivity (Wildman–Crippen MR) is 113 cm³/mol. The number of hydrogen-bond acceptors (Lipinski definition) is 3. The molecule has 2 atom stereocenters. The minimum absolute atomic E-state index is 0.0365. The van der Waals surface area contributed by atoms with Crippen LogP contribution in [0, 0.1) is 11.8 Å². The third kappa shape index (κ3) is 6.54. The highest BCUT2D eigenvalue weighted by Crippen LogP contribution is 2.37. The number of carbonyl (C=O) groups is 2. The molecule has 150 valence electrons. The molecule has 0 heterocycles. The first-order chi connectivity index (χ1) is 12.7. The van der Waals surface area contributed by atoms with Gasteiger partial charge in [0.1, 0.15) is 0 Å². The van der Waals surface area contributed by atoms with E-state index in [-0.39, 0.29) is 36.8 Å². The Balaban J connectivity index is 3.01. The fourth-order valence-corrected chi connectivity index (χ4v) is 3.56. The van der Waals surface area contributed by atoms with E-state index in [2.05, 4.69) is 47.0 Å². The summed E-state index contributed by atoms with van der Waals surface area (Å²) in [4.78, 5) is 23.9. The van der Waals surface area contributed by atoms with Crippen molar-refractivity contribution in [1.82, 2.24) is 10.6 Å². The van der Waals surface area contributed by atoms with Crippen LogP contribution in [-0.4, -0.2) is 25.2 Å². The van der Waals surface area contributed by atoms with Gasteiger partial charge in [-0.3, -0.25) is 4.79 Å². The lowest BCUT2D eigenvalue weighted by molar-refractivity contribution is -0.142. The van der Waals surface area contributed by atoms with Crippen molar-refractivity contribution in [3.8, 4) is 0 Å². The Kier molecular flexibility index (Phi) is 9.33. The van der Waals surface area contributed by atoms with E-state index in [0.29, 0.717) is 11.6 Å². The Morgan fingerprint density at radius 2 is 2.07 bits per heavy atom. The van der Waals surface area contributed by atoms with Gasteiger partial charge in [0, 0.05) is 16.9 Å². The van der Waals surface area contributed by atoms with E-state index in [0.717, 1.165) is 10.0 Å². The number of urea groups is 1. The maximum Gasteiger partial charge on any atom is 0.315 e. The summed E-state index contributed by atoms with van der Waals surface area (Å²) in [6.07, 6.45) is 1.97. The van der Waals surface area contributed by atoms with E-state index in [4.69, 9.17) is 16.3 Å². The molecule has 2 unspecified atom stereocenters. The summed E-state index contributed by atoms with van der Waals surface area (Å²) in [6, 6.07) is 5.25. The van der Waals surface area contributed by atoms with Crippen LogP contribution in [0.3, 0.4) is 0 Å². The van der Waals surface area contributed by atoms with Gasteiger partial charge in [0.05, 0.1) is 23.6 Å². The van der Waals surface area contributed by atoms with Crippen molar-refractivity contribution < 1.29 is 14.3 Å². The Hall–Kier alpha value is -1.53. The van der Waals surface area contributed by atoms with Gasteiger partial charge in [0.15, 0.2) is 0 Å².